The van der Waals surface area contributed by atoms with Gasteiger partial charge in [0.1, 0.15) is 5.82 Å². The summed E-state index contributed by atoms with van der Waals surface area (Å²) in [5, 5.41) is 1.57. The Kier molecular flexibility index (Phi) is 5.41. The van der Waals surface area contributed by atoms with Crippen LogP contribution in [-0.2, 0) is 16.6 Å². The molecule has 3 aromatic carbocycles. The average Bonchev–Trinajstić information content (AvgIpc) is 3.16. The lowest BCUT2D eigenvalue weighted by atomic mass is 10.1. The fourth-order valence-corrected chi connectivity index (χ4v) is 6.00. The first-order valence-electron chi connectivity index (χ1n) is 10.4. The van der Waals surface area contributed by atoms with Crippen molar-refractivity contribution in [3.63, 3.8) is 0 Å². The second-order valence-corrected chi connectivity index (χ2v) is 10.6. The molecule has 0 aliphatic carbocycles. The normalized spacial score (nSPS) is 11.8. The molecule has 172 valence electrons. The Morgan fingerprint density at radius 2 is 1.71 bits per heavy atom. The summed E-state index contributed by atoms with van der Waals surface area (Å²) >= 11 is 3.45. The first-order chi connectivity index (χ1) is 16.2. The molecule has 0 saturated heterocycles. The van der Waals surface area contributed by atoms with Crippen LogP contribution in [0.5, 0.6) is 0 Å². The lowest BCUT2D eigenvalue weighted by Crippen LogP contribution is -2.17. The molecule has 0 unspecified atom stereocenters. The molecule has 0 aliphatic heterocycles. The number of nitrogen functional groups attached to an aromatic ring is 2. The summed E-state index contributed by atoms with van der Waals surface area (Å²) < 4.78 is 28.6. The number of benzene rings is 3. The number of aromatic nitrogens is 3. The van der Waals surface area contributed by atoms with E-state index in [0.717, 1.165) is 26.5 Å². The molecule has 0 aliphatic rings. The van der Waals surface area contributed by atoms with Crippen molar-refractivity contribution in [2.75, 3.05) is 23.4 Å². The third-order valence-corrected chi connectivity index (χ3v) is 8.02. The zero-order chi connectivity index (χ0) is 24.0. The number of nitrogens with zero attached hydrogens (tertiary/aromatic N) is 4. The Morgan fingerprint density at radius 3 is 2.47 bits per heavy atom. The van der Waals surface area contributed by atoms with Gasteiger partial charge >= 0.3 is 0 Å². The number of para-hydroxylation sites is 1. The van der Waals surface area contributed by atoms with Crippen molar-refractivity contribution >= 4 is 65.2 Å². The molecule has 0 saturated carbocycles. The largest absolute Gasteiger partial charge is 0.383 e. The predicted octanol–water partition coefficient (Wildman–Crippen LogP) is 4.38. The third kappa shape index (κ3) is 3.84. The first kappa shape index (κ1) is 22.2. The Balaban J connectivity index is 1.40. The number of nitrogens with two attached hydrogens (primary N) is 2. The molecule has 8 nitrogen and oxygen atoms in total. The summed E-state index contributed by atoms with van der Waals surface area (Å²) in [6, 6.07) is 20.0. The van der Waals surface area contributed by atoms with E-state index in [9.17, 15) is 8.42 Å². The fraction of sp³-hybridized carbons (Fsp3) is 0.0833. The van der Waals surface area contributed by atoms with Gasteiger partial charge in [0.05, 0.1) is 15.9 Å². The minimum absolute atomic E-state index is 0.140. The summed E-state index contributed by atoms with van der Waals surface area (Å²) in [7, 11) is -1.79. The lowest BCUT2D eigenvalue weighted by molar-refractivity contribution is 0.589. The van der Waals surface area contributed by atoms with E-state index in [1.54, 1.807) is 24.4 Å². The van der Waals surface area contributed by atoms with Gasteiger partial charge in [-0.05, 0) is 57.9 Å². The minimum Gasteiger partial charge on any atom is -0.383 e. The van der Waals surface area contributed by atoms with E-state index in [-0.39, 0.29) is 10.8 Å². The first-order valence-corrected chi connectivity index (χ1v) is 12.6. The molecule has 0 spiro atoms. The van der Waals surface area contributed by atoms with Crippen LogP contribution in [0.25, 0.3) is 21.8 Å². The van der Waals surface area contributed by atoms with Crippen molar-refractivity contribution in [2.24, 2.45) is 0 Å². The second-order valence-electron chi connectivity index (χ2n) is 7.96. The topological polar surface area (TPSA) is 120 Å². The van der Waals surface area contributed by atoms with E-state index in [1.807, 2.05) is 60.5 Å². The zero-order valence-corrected chi connectivity index (χ0v) is 20.6. The van der Waals surface area contributed by atoms with Crippen LogP contribution in [0, 0.1) is 0 Å². The quantitative estimate of drug-likeness (QED) is 0.341. The van der Waals surface area contributed by atoms with Crippen LogP contribution >= 0.6 is 15.9 Å². The monoisotopic (exact) mass is 536 g/mol. The molecule has 5 rings (SSSR count). The van der Waals surface area contributed by atoms with Crippen molar-refractivity contribution < 1.29 is 8.42 Å². The molecule has 4 N–H and O–H groups in total. The standard InChI is InChI=1S/C24H21BrN6O2S/c1-30(16-8-11-21-19(12-16)23(26)29-24(27)28-21)13-15-6-9-17(10-7-15)34(32,33)31-14-20(25)18-4-2-3-5-22(18)31/h2-12,14H,13H2,1H3,(H4,26,27,28,29). The number of rotatable bonds is 5. The van der Waals surface area contributed by atoms with E-state index in [1.165, 1.54) is 3.97 Å². The highest BCUT2D eigenvalue weighted by atomic mass is 79.9. The summed E-state index contributed by atoms with van der Waals surface area (Å²) in [4.78, 5) is 10.5. The number of hydrogen-bond acceptors (Lipinski definition) is 7. The molecule has 0 amide bonds. The van der Waals surface area contributed by atoms with Gasteiger partial charge in [0, 0.05) is 40.7 Å². The zero-order valence-electron chi connectivity index (χ0n) is 18.2. The maximum Gasteiger partial charge on any atom is 0.268 e. The Bertz CT molecular complexity index is 1650. The van der Waals surface area contributed by atoms with Crippen LogP contribution in [0.4, 0.5) is 17.5 Å². The smallest absolute Gasteiger partial charge is 0.268 e. The number of fused-ring (bicyclic) bond motifs is 2. The second kappa shape index (κ2) is 8.30. The highest BCUT2D eigenvalue weighted by molar-refractivity contribution is 9.10. The van der Waals surface area contributed by atoms with Crippen molar-refractivity contribution in [3.8, 4) is 0 Å². The molecule has 34 heavy (non-hydrogen) atoms. The van der Waals surface area contributed by atoms with Gasteiger partial charge in [-0.3, -0.25) is 0 Å². The van der Waals surface area contributed by atoms with Crippen molar-refractivity contribution in [1.82, 2.24) is 13.9 Å². The van der Waals surface area contributed by atoms with Gasteiger partial charge in [0.25, 0.3) is 10.0 Å². The van der Waals surface area contributed by atoms with Crippen molar-refractivity contribution in [3.05, 3.63) is 83.0 Å². The van der Waals surface area contributed by atoms with Gasteiger partial charge in [-0.15, -0.1) is 0 Å². The van der Waals surface area contributed by atoms with Gasteiger partial charge in [0.2, 0.25) is 5.95 Å². The van der Waals surface area contributed by atoms with Gasteiger partial charge in [-0.2, -0.15) is 4.98 Å². The molecular formula is C24H21BrN6O2S. The Labute approximate surface area is 205 Å². The van der Waals surface area contributed by atoms with E-state index >= 15 is 0 Å². The molecule has 0 fully saturated rings. The fourth-order valence-electron chi connectivity index (χ4n) is 3.95. The molecule has 0 bridgehead atoms. The summed E-state index contributed by atoms with van der Waals surface area (Å²) in [5.74, 6) is 0.470. The van der Waals surface area contributed by atoms with Crippen LogP contribution < -0.4 is 16.4 Å². The Hall–Kier alpha value is -3.63. The predicted molar refractivity (Wildman–Crippen MR) is 139 cm³/mol. The molecule has 2 heterocycles. The van der Waals surface area contributed by atoms with Crippen LogP contribution in [0.15, 0.2) is 82.3 Å². The lowest BCUT2D eigenvalue weighted by Gasteiger charge is -2.20. The molecular weight excluding hydrogens is 516 g/mol. The minimum atomic E-state index is -3.74. The Morgan fingerprint density at radius 1 is 0.971 bits per heavy atom. The third-order valence-electron chi connectivity index (χ3n) is 5.70. The van der Waals surface area contributed by atoms with Gasteiger partial charge in [-0.25, -0.2) is 17.4 Å². The number of anilines is 3. The van der Waals surface area contributed by atoms with E-state index in [2.05, 4.69) is 25.9 Å². The molecule has 10 heteroatoms. The maximum atomic E-state index is 13.3. The van der Waals surface area contributed by atoms with Gasteiger partial charge in [0.15, 0.2) is 0 Å². The molecule has 0 radical (unpaired) electrons. The van der Waals surface area contributed by atoms with Gasteiger partial charge in [-0.1, -0.05) is 30.3 Å². The van der Waals surface area contributed by atoms with Crippen LogP contribution in [-0.4, -0.2) is 29.4 Å². The highest BCUT2D eigenvalue weighted by Crippen LogP contribution is 2.30. The van der Waals surface area contributed by atoms with E-state index in [4.69, 9.17) is 11.5 Å². The van der Waals surface area contributed by atoms with Crippen LogP contribution in [0.3, 0.4) is 0 Å². The highest BCUT2D eigenvalue weighted by Gasteiger charge is 2.20. The van der Waals surface area contributed by atoms with Crippen LogP contribution in [0.1, 0.15) is 5.56 Å². The van der Waals surface area contributed by atoms with E-state index in [0.29, 0.717) is 23.4 Å². The summed E-state index contributed by atoms with van der Waals surface area (Å²) in [6.45, 7) is 0.569. The number of hydrogen-bond donors (Lipinski definition) is 2. The SMILES string of the molecule is CN(Cc1ccc(S(=O)(=O)n2cc(Br)c3ccccc32)cc1)c1ccc2nc(N)nc(N)c2c1. The number of halogens is 1. The average molecular weight is 537 g/mol. The van der Waals surface area contributed by atoms with Crippen molar-refractivity contribution in [2.45, 2.75) is 11.4 Å². The van der Waals surface area contributed by atoms with Crippen LogP contribution in [0.2, 0.25) is 0 Å². The molecule has 0 atom stereocenters. The molecule has 2 aromatic heterocycles. The maximum absolute atomic E-state index is 13.3. The summed E-state index contributed by atoms with van der Waals surface area (Å²) in [6.07, 6.45) is 1.59. The van der Waals surface area contributed by atoms with Crippen molar-refractivity contribution in [1.29, 1.82) is 0 Å². The van der Waals surface area contributed by atoms with E-state index < -0.39 is 10.0 Å². The van der Waals surface area contributed by atoms with Gasteiger partial charge < -0.3 is 16.4 Å². The molecule has 5 aromatic rings. The summed E-state index contributed by atoms with van der Waals surface area (Å²) in [5.41, 5.74) is 14.9.